The highest BCUT2D eigenvalue weighted by Gasteiger charge is 1.98. The fourth-order valence-corrected chi connectivity index (χ4v) is 0.544. The molecule has 0 amide bonds. The third-order valence-corrected chi connectivity index (χ3v) is 1.22. The lowest BCUT2D eigenvalue weighted by molar-refractivity contribution is 0.220. The van der Waals surface area contributed by atoms with Crippen molar-refractivity contribution in [3.05, 3.63) is 11.9 Å². The van der Waals surface area contributed by atoms with Crippen LogP contribution in [-0.4, -0.2) is 24.8 Å². The largest absolute Gasteiger partial charge is 0.399 e. The van der Waals surface area contributed by atoms with Crippen LogP contribution in [0.15, 0.2) is 11.9 Å². The van der Waals surface area contributed by atoms with Gasteiger partial charge in [0, 0.05) is 19.4 Å². The summed E-state index contributed by atoms with van der Waals surface area (Å²) in [5, 5.41) is 1.55. The Morgan fingerprint density at radius 3 is 2.55 bits per heavy atom. The number of rotatable bonds is 4. The molecule has 0 saturated heterocycles. The van der Waals surface area contributed by atoms with Gasteiger partial charge >= 0.3 is 0 Å². The van der Waals surface area contributed by atoms with Crippen LogP contribution in [0.25, 0.3) is 0 Å². The lowest BCUT2D eigenvalue weighted by Crippen LogP contribution is -2.33. The third kappa shape index (κ3) is 4.64. The average molecular weight is 159 g/mol. The Hall–Kier alpha value is -0.740. The van der Waals surface area contributed by atoms with Crippen LogP contribution >= 0.6 is 0 Å². The van der Waals surface area contributed by atoms with E-state index in [4.69, 9.17) is 16.3 Å². The Morgan fingerprint density at radius 1 is 1.64 bits per heavy atom. The second-order valence-electron chi connectivity index (χ2n) is 2.68. The molecule has 0 spiro atoms. The van der Waals surface area contributed by atoms with Gasteiger partial charge in [0.1, 0.15) is 0 Å². The van der Waals surface area contributed by atoms with Crippen LogP contribution in [0.1, 0.15) is 13.8 Å². The topological polar surface area (TPSA) is 64.5 Å². The molecule has 11 heavy (non-hydrogen) atoms. The van der Waals surface area contributed by atoms with E-state index in [1.54, 1.807) is 18.3 Å². The highest BCUT2D eigenvalue weighted by Crippen LogP contribution is 1.93. The smallest absolute Gasteiger partial charge is 0.0871 e. The van der Waals surface area contributed by atoms with E-state index in [2.05, 4.69) is 0 Å². The summed E-state index contributed by atoms with van der Waals surface area (Å²) in [4.78, 5) is 0. The summed E-state index contributed by atoms with van der Waals surface area (Å²) in [6, 6.07) is 0.255. The van der Waals surface area contributed by atoms with E-state index in [1.165, 1.54) is 0 Å². The average Bonchev–Trinajstić information content (AvgIpc) is 1.87. The number of ether oxygens (including phenoxy) is 1. The maximum atomic E-state index is 5.57. The standard InChI is InChI=1S/C7H17N3O/c1-6(2)10(9)4-7(8)5-11-3/h4,6H,5,8-9H2,1-3H3/b7-4-. The van der Waals surface area contributed by atoms with Gasteiger partial charge in [0.25, 0.3) is 0 Å². The van der Waals surface area contributed by atoms with Gasteiger partial charge in [-0.2, -0.15) is 0 Å². The maximum absolute atomic E-state index is 5.57. The van der Waals surface area contributed by atoms with Gasteiger partial charge in [-0.1, -0.05) is 0 Å². The van der Waals surface area contributed by atoms with Crippen LogP contribution in [0.5, 0.6) is 0 Å². The molecule has 0 aromatic carbocycles. The minimum absolute atomic E-state index is 0.255. The van der Waals surface area contributed by atoms with Gasteiger partial charge in [-0.25, -0.2) is 5.84 Å². The SMILES string of the molecule is COC/C(N)=C/N(N)C(C)C. The van der Waals surface area contributed by atoms with E-state index in [0.29, 0.717) is 12.3 Å². The van der Waals surface area contributed by atoms with Crippen LogP contribution in [0, 0.1) is 0 Å². The van der Waals surface area contributed by atoms with Crippen molar-refractivity contribution >= 4 is 0 Å². The van der Waals surface area contributed by atoms with Crippen molar-refractivity contribution in [1.82, 2.24) is 5.01 Å². The van der Waals surface area contributed by atoms with E-state index >= 15 is 0 Å². The van der Waals surface area contributed by atoms with Crippen molar-refractivity contribution in [3.8, 4) is 0 Å². The molecule has 0 radical (unpaired) electrons. The molecule has 0 bridgehead atoms. The summed E-state index contributed by atoms with van der Waals surface area (Å²) in [5.74, 6) is 5.57. The molecule has 0 fully saturated rings. The first-order valence-electron chi connectivity index (χ1n) is 3.56. The van der Waals surface area contributed by atoms with Gasteiger partial charge in [0.2, 0.25) is 0 Å². The minimum Gasteiger partial charge on any atom is -0.399 e. The Labute approximate surface area is 67.8 Å². The maximum Gasteiger partial charge on any atom is 0.0871 e. The summed E-state index contributed by atoms with van der Waals surface area (Å²) in [6.07, 6.45) is 1.67. The second-order valence-corrected chi connectivity index (χ2v) is 2.68. The molecule has 4 N–H and O–H groups in total. The number of nitrogens with zero attached hydrogens (tertiary/aromatic N) is 1. The Kier molecular flexibility index (Phi) is 4.65. The monoisotopic (exact) mass is 159 g/mol. The quantitative estimate of drug-likeness (QED) is 0.448. The van der Waals surface area contributed by atoms with E-state index in [-0.39, 0.29) is 6.04 Å². The van der Waals surface area contributed by atoms with Gasteiger partial charge in [-0.3, -0.25) is 0 Å². The number of hydrogen-bond acceptors (Lipinski definition) is 4. The van der Waals surface area contributed by atoms with Crippen molar-refractivity contribution in [2.75, 3.05) is 13.7 Å². The minimum atomic E-state index is 0.255. The highest BCUT2D eigenvalue weighted by atomic mass is 16.5. The molecule has 4 nitrogen and oxygen atoms in total. The van der Waals surface area contributed by atoms with Crippen molar-refractivity contribution in [3.63, 3.8) is 0 Å². The molecular formula is C7H17N3O. The zero-order valence-electron chi connectivity index (χ0n) is 7.37. The highest BCUT2D eigenvalue weighted by molar-refractivity contribution is 4.95. The zero-order chi connectivity index (χ0) is 8.85. The Bertz CT molecular complexity index is 134. The van der Waals surface area contributed by atoms with Gasteiger partial charge in [0.15, 0.2) is 0 Å². The normalized spacial score (nSPS) is 12.3. The molecule has 0 aliphatic carbocycles. The van der Waals surface area contributed by atoms with E-state index in [9.17, 15) is 0 Å². The molecule has 0 aromatic heterocycles. The molecule has 0 unspecified atom stereocenters. The summed E-state index contributed by atoms with van der Waals surface area (Å²) in [6.45, 7) is 4.38. The molecular weight excluding hydrogens is 142 g/mol. The molecule has 0 aliphatic rings. The van der Waals surface area contributed by atoms with Crippen LogP contribution < -0.4 is 11.6 Å². The fraction of sp³-hybridized carbons (Fsp3) is 0.714. The number of hydrazine groups is 1. The van der Waals surface area contributed by atoms with Gasteiger partial charge in [0.05, 0.1) is 12.3 Å². The first-order chi connectivity index (χ1) is 5.07. The lowest BCUT2D eigenvalue weighted by atomic mass is 10.4. The fourth-order valence-electron chi connectivity index (χ4n) is 0.544. The second kappa shape index (κ2) is 4.98. The van der Waals surface area contributed by atoms with E-state index in [0.717, 1.165) is 0 Å². The van der Waals surface area contributed by atoms with Crippen molar-refractivity contribution < 1.29 is 4.74 Å². The van der Waals surface area contributed by atoms with E-state index in [1.807, 2.05) is 13.8 Å². The first-order valence-corrected chi connectivity index (χ1v) is 3.56. The zero-order valence-corrected chi connectivity index (χ0v) is 7.37. The first kappa shape index (κ1) is 10.3. The van der Waals surface area contributed by atoms with Crippen molar-refractivity contribution in [1.29, 1.82) is 0 Å². The predicted octanol–water partition coefficient (Wildman–Crippen LogP) is 0.0170. The summed E-state index contributed by atoms with van der Waals surface area (Å²) in [7, 11) is 1.59. The van der Waals surface area contributed by atoms with Gasteiger partial charge in [-0.15, -0.1) is 0 Å². The van der Waals surface area contributed by atoms with Crippen molar-refractivity contribution in [2.45, 2.75) is 19.9 Å². The molecule has 4 heteroatoms. The van der Waals surface area contributed by atoms with Crippen LogP contribution in [-0.2, 0) is 4.74 Å². The number of hydrogen-bond donors (Lipinski definition) is 2. The third-order valence-electron chi connectivity index (χ3n) is 1.22. The predicted molar refractivity (Wildman–Crippen MR) is 45.3 cm³/mol. The number of methoxy groups -OCH3 is 1. The molecule has 0 saturated carbocycles. The lowest BCUT2D eigenvalue weighted by Gasteiger charge is -2.18. The van der Waals surface area contributed by atoms with Gasteiger partial charge < -0.3 is 15.5 Å². The molecule has 0 aliphatic heterocycles. The van der Waals surface area contributed by atoms with Crippen LogP contribution in [0.4, 0.5) is 0 Å². The van der Waals surface area contributed by atoms with Crippen molar-refractivity contribution in [2.24, 2.45) is 11.6 Å². The van der Waals surface area contributed by atoms with E-state index < -0.39 is 0 Å². The summed E-state index contributed by atoms with van der Waals surface area (Å²) < 4.78 is 4.81. The summed E-state index contributed by atoms with van der Waals surface area (Å²) >= 11 is 0. The van der Waals surface area contributed by atoms with Gasteiger partial charge in [-0.05, 0) is 13.8 Å². The molecule has 66 valence electrons. The Morgan fingerprint density at radius 2 is 2.18 bits per heavy atom. The molecule has 0 rings (SSSR count). The molecule has 0 atom stereocenters. The summed E-state index contributed by atoms with van der Waals surface area (Å²) in [5.41, 5.74) is 6.17. The van der Waals surface area contributed by atoms with Crippen LogP contribution in [0.2, 0.25) is 0 Å². The molecule has 0 heterocycles. The molecule has 0 aromatic rings. The number of nitrogens with two attached hydrogens (primary N) is 2. The van der Waals surface area contributed by atoms with Crippen LogP contribution in [0.3, 0.4) is 0 Å². The Balaban J connectivity index is 3.86.